The zero-order valence-electron chi connectivity index (χ0n) is 36.1. The molecule has 5 aliphatic rings. The highest BCUT2D eigenvalue weighted by molar-refractivity contribution is 5.25. The average molecular weight is 759 g/mol. The van der Waals surface area contributed by atoms with Crippen molar-refractivity contribution in [1.82, 2.24) is 0 Å². The Morgan fingerprint density at radius 3 is 2.13 bits per heavy atom. The fourth-order valence-corrected chi connectivity index (χ4v) is 12.8. The minimum Gasteiger partial charge on any atom is -0.387 e. The van der Waals surface area contributed by atoms with Gasteiger partial charge in [0.05, 0.1) is 12.7 Å². The van der Waals surface area contributed by atoms with E-state index in [-0.39, 0.29) is 18.1 Å². The SMILES string of the molecule is CCCCCCCCCCCCCOC[C@H]1O[C@@H](O[C@H]2CC[C@@]3(C)C(=CC[C@H]4[C@@H]5CC[C@H]([C@H](C)CC[C@@H](CC)C(C)C)[C@@]5(C)CC[C@@H]43)C2)[C@H](O)[C@@H](O)[C@@H]1O. The molecule has 0 aromatic carbocycles. The van der Waals surface area contributed by atoms with E-state index in [9.17, 15) is 15.3 Å². The number of aliphatic hydroxyl groups excluding tert-OH is 3. The van der Waals surface area contributed by atoms with E-state index in [0.717, 1.165) is 73.5 Å². The zero-order valence-corrected chi connectivity index (χ0v) is 36.1. The molecule has 4 fully saturated rings. The lowest BCUT2D eigenvalue weighted by Crippen LogP contribution is -2.60. The summed E-state index contributed by atoms with van der Waals surface area (Å²) in [4.78, 5) is 0. The lowest BCUT2D eigenvalue weighted by Gasteiger charge is -2.58. The molecule has 3 N–H and O–H groups in total. The molecule has 54 heavy (non-hydrogen) atoms. The van der Waals surface area contributed by atoms with Gasteiger partial charge in [0.15, 0.2) is 6.29 Å². The van der Waals surface area contributed by atoms with E-state index in [1.165, 1.54) is 109 Å². The smallest absolute Gasteiger partial charge is 0.186 e. The molecule has 314 valence electrons. The van der Waals surface area contributed by atoms with Crippen molar-refractivity contribution < 1.29 is 29.5 Å². The van der Waals surface area contributed by atoms with Crippen molar-refractivity contribution >= 4 is 0 Å². The number of unbranched alkanes of at least 4 members (excludes halogenated alkanes) is 10. The first-order valence-electron chi connectivity index (χ1n) is 23.6. The Balaban J connectivity index is 1.07. The molecule has 4 aliphatic carbocycles. The van der Waals surface area contributed by atoms with Crippen LogP contribution in [0.15, 0.2) is 11.6 Å². The van der Waals surface area contributed by atoms with Gasteiger partial charge in [-0.15, -0.1) is 0 Å². The van der Waals surface area contributed by atoms with Gasteiger partial charge in [-0.05, 0) is 116 Å². The van der Waals surface area contributed by atoms with E-state index >= 15 is 0 Å². The van der Waals surface area contributed by atoms with Gasteiger partial charge in [0.1, 0.15) is 24.4 Å². The van der Waals surface area contributed by atoms with E-state index in [1.807, 2.05) is 0 Å². The van der Waals surface area contributed by atoms with Gasteiger partial charge >= 0.3 is 0 Å². The van der Waals surface area contributed by atoms with E-state index < -0.39 is 30.7 Å². The van der Waals surface area contributed by atoms with Crippen molar-refractivity contribution in [2.24, 2.45) is 52.3 Å². The number of rotatable bonds is 22. The Hall–Kier alpha value is -0.500. The Morgan fingerprint density at radius 2 is 1.46 bits per heavy atom. The number of fused-ring (bicyclic) bond motifs is 5. The average Bonchev–Trinajstić information content (AvgIpc) is 3.51. The molecule has 0 unspecified atom stereocenters. The van der Waals surface area contributed by atoms with Gasteiger partial charge < -0.3 is 29.5 Å². The standard InChI is InChI=1S/C48H86O6/c1-8-10-11-12-13-14-15-16-17-18-19-30-52-32-42-43(49)44(50)45(51)46(54-42)53-37-26-28-47(6)36(31-37)22-23-38-40-25-24-39(48(40,7)29-27-41(38)47)34(5)20-21-35(9-2)33(3)4/h22,33-35,37-46,49-51H,8-21,23-32H2,1-7H3/t34-,35-,37+,38+,39-,40+,41+,42-,43-,44+,45-,46-,47+,48-/m1/s1. The highest BCUT2D eigenvalue weighted by Gasteiger charge is 2.59. The Kier molecular flexibility index (Phi) is 17.3. The summed E-state index contributed by atoms with van der Waals surface area (Å²) in [6, 6.07) is 0. The van der Waals surface area contributed by atoms with Crippen LogP contribution in [0.4, 0.5) is 0 Å². The normalized spacial score (nSPS) is 39.1. The molecule has 1 saturated heterocycles. The molecule has 0 amide bonds. The zero-order chi connectivity index (χ0) is 38.9. The maximum absolute atomic E-state index is 10.9. The third kappa shape index (κ3) is 10.6. The summed E-state index contributed by atoms with van der Waals surface area (Å²) in [5.74, 6) is 5.71. The van der Waals surface area contributed by atoms with Crippen LogP contribution in [0.5, 0.6) is 0 Å². The fourth-order valence-electron chi connectivity index (χ4n) is 12.8. The molecule has 0 aromatic rings. The summed E-state index contributed by atoms with van der Waals surface area (Å²) in [6.07, 6.45) is 24.9. The maximum Gasteiger partial charge on any atom is 0.186 e. The van der Waals surface area contributed by atoms with Crippen LogP contribution >= 0.6 is 0 Å². The van der Waals surface area contributed by atoms with Crippen LogP contribution in [0.2, 0.25) is 0 Å². The van der Waals surface area contributed by atoms with E-state index in [1.54, 1.807) is 5.57 Å². The second kappa shape index (κ2) is 21.0. The quantitative estimate of drug-likeness (QED) is 0.0753. The molecule has 6 heteroatoms. The molecular weight excluding hydrogens is 673 g/mol. The Morgan fingerprint density at radius 1 is 0.778 bits per heavy atom. The van der Waals surface area contributed by atoms with Crippen LogP contribution in [0.1, 0.15) is 190 Å². The summed E-state index contributed by atoms with van der Waals surface area (Å²) < 4.78 is 18.6. The molecule has 0 bridgehead atoms. The van der Waals surface area contributed by atoms with Crippen molar-refractivity contribution in [2.45, 2.75) is 227 Å². The third-order valence-corrected chi connectivity index (χ3v) is 16.4. The molecule has 0 spiro atoms. The van der Waals surface area contributed by atoms with Crippen LogP contribution in [0, 0.1) is 52.3 Å². The topological polar surface area (TPSA) is 88.4 Å². The number of ether oxygens (including phenoxy) is 3. The van der Waals surface area contributed by atoms with Gasteiger partial charge in [-0.2, -0.15) is 0 Å². The van der Waals surface area contributed by atoms with Crippen molar-refractivity contribution in [3.63, 3.8) is 0 Å². The van der Waals surface area contributed by atoms with Crippen molar-refractivity contribution in [1.29, 1.82) is 0 Å². The summed E-state index contributed by atoms with van der Waals surface area (Å²) in [5.41, 5.74) is 2.24. The number of allylic oxidation sites excluding steroid dienone is 1. The minimum absolute atomic E-state index is 0.0655. The van der Waals surface area contributed by atoms with E-state index in [4.69, 9.17) is 14.2 Å². The second-order valence-corrected chi connectivity index (χ2v) is 20.1. The Labute approximate surface area is 332 Å². The molecule has 6 nitrogen and oxygen atoms in total. The van der Waals surface area contributed by atoms with Crippen molar-refractivity contribution in [2.75, 3.05) is 13.2 Å². The van der Waals surface area contributed by atoms with Crippen molar-refractivity contribution in [3.8, 4) is 0 Å². The predicted octanol–water partition coefficient (Wildman–Crippen LogP) is 11.2. The predicted molar refractivity (Wildman–Crippen MR) is 221 cm³/mol. The first-order valence-corrected chi connectivity index (χ1v) is 23.6. The molecule has 1 aliphatic heterocycles. The van der Waals surface area contributed by atoms with Gasteiger partial charge in [-0.25, -0.2) is 0 Å². The second-order valence-electron chi connectivity index (χ2n) is 20.1. The molecule has 14 atom stereocenters. The Bertz CT molecular complexity index is 1120. The van der Waals surface area contributed by atoms with Gasteiger partial charge in [0.25, 0.3) is 0 Å². The fraction of sp³-hybridized carbons (Fsp3) is 0.958. The van der Waals surface area contributed by atoms with Gasteiger partial charge in [-0.1, -0.05) is 137 Å². The van der Waals surface area contributed by atoms with Crippen LogP contribution in [-0.4, -0.2) is 65.3 Å². The molecule has 1 heterocycles. The highest BCUT2D eigenvalue weighted by atomic mass is 16.7. The van der Waals surface area contributed by atoms with Gasteiger partial charge in [-0.3, -0.25) is 0 Å². The first kappa shape index (κ1) is 44.6. The molecule has 0 aromatic heterocycles. The number of hydrogen-bond donors (Lipinski definition) is 3. The van der Waals surface area contributed by atoms with Gasteiger partial charge in [0.2, 0.25) is 0 Å². The van der Waals surface area contributed by atoms with Crippen LogP contribution in [0.25, 0.3) is 0 Å². The van der Waals surface area contributed by atoms with Crippen LogP contribution in [0.3, 0.4) is 0 Å². The summed E-state index contributed by atoms with van der Waals surface area (Å²) >= 11 is 0. The van der Waals surface area contributed by atoms with Crippen LogP contribution < -0.4 is 0 Å². The van der Waals surface area contributed by atoms with Crippen LogP contribution in [-0.2, 0) is 14.2 Å². The number of aliphatic hydroxyl groups is 3. The lowest BCUT2D eigenvalue weighted by atomic mass is 9.47. The lowest BCUT2D eigenvalue weighted by molar-refractivity contribution is -0.314. The maximum atomic E-state index is 10.9. The summed E-state index contributed by atoms with van der Waals surface area (Å²) in [6.45, 7) is 18.1. The first-order chi connectivity index (χ1) is 25.9. The monoisotopic (exact) mass is 759 g/mol. The summed E-state index contributed by atoms with van der Waals surface area (Å²) in [5, 5.41) is 32.5. The molecule has 0 radical (unpaired) electrons. The molecular formula is C48H86O6. The summed E-state index contributed by atoms with van der Waals surface area (Å²) in [7, 11) is 0. The largest absolute Gasteiger partial charge is 0.387 e. The molecule has 5 rings (SSSR count). The highest BCUT2D eigenvalue weighted by Crippen LogP contribution is 2.67. The number of hydrogen-bond acceptors (Lipinski definition) is 6. The van der Waals surface area contributed by atoms with E-state index in [2.05, 4.69) is 54.5 Å². The van der Waals surface area contributed by atoms with E-state index in [0.29, 0.717) is 12.0 Å². The van der Waals surface area contributed by atoms with Gasteiger partial charge in [0, 0.05) is 6.61 Å². The third-order valence-electron chi connectivity index (χ3n) is 16.4. The molecule has 3 saturated carbocycles. The minimum atomic E-state index is -1.32. The van der Waals surface area contributed by atoms with Crippen molar-refractivity contribution in [3.05, 3.63) is 11.6 Å².